The van der Waals surface area contributed by atoms with Gasteiger partial charge in [0.05, 0.1) is 11.4 Å². The monoisotopic (exact) mass is 411 g/mol. The Balaban J connectivity index is 1.70. The second-order valence-corrected chi connectivity index (χ2v) is 7.59. The van der Waals surface area contributed by atoms with Gasteiger partial charge in [-0.25, -0.2) is 5.32 Å². The van der Waals surface area contributed by atoms with Crippen molar-refractivity contribution in [2.45, 2.75) is 0 Å². The van der Waals surface area contributed by atoms with Crippen molar-refractivity contribution >= 4 is 22.7 Å². The Labute approximate surface area is 189 Å². The Hall–Kier alpha value is -4.30. The van der Waals surface area contributed by atoms with Crippen LogP contribution in [0.4, 0.5) is 22.7 Å². The highest BCUT2D eigenvalue weighted by Crippen LogP contribution is 2.40. The molecule has 0 amide bonds. The van der Waals surface area contributed by atoms with Gasteiger partial charge < -0.3 is 5.32 Å². The molecular weight excluding hydrogens is 388 g/mol. The van der Waals surface area contributed by atoms with Crippen molar-refractivity contribution in [1.82, 2.24) is 5.32 Å². The lowest BCUT2D eigenvalue weighted by atomic mass is 9.95. The number of nitrogens with one attached hydrogen (secondary N) is 1. The van der Waals surface area contributed by atoms with Crippen LogP contribution in [0.25, 0.3) is 22.3 Å². The molecule has 0 aliphatic carbocycles. The molecular formula is C30H23N2. The van der Waals surface area contributed by atoms with Crippen LogP contribution in [0.5, 0.6) is 0 Å². The van der Waals surface area contributed by atoms with Gasteiger partial charge in [0.2, 0.25) is 0 Å². The fraction of sp³-hybridized carbons (Fsp3) is 0. The summed E-state index contributed by atoms with van der Waals surface area (Å²) in [5, 5.41) is 8.65. The molecule has 0 unspecified atom stereocenters. The number of rotatable bonds is 6. The van der Waals surface area contributed by atoms with E-state index in [1.54, 1.807) is 0 Å². The molecule has 0 saturated carbocycles. The van der Waals surface area contributed by atoms with Crippen molar-refractivity contribution in [1.29, 1.82) is 0 Å². The van der Waals surface area contributed by atoms with E-state index in [4.69, 9.17) is 5.32 Å². The summed E-state index contributed by atoms with van der Waals surface area (Å²) in [4.78, 5) is 0. The van der Waals surface area contributed by atoms with Crippen LogP contribution in [0.2, 0.25) is 0 Å². The van der Waals surface area contributed by atoms with E-state index in [0.717, 1.165) is 45.0 Å². The Bertz CT molecular complexity index is 1180. The molecule has 5 aromatic carbocycles. The lowest BCUT2D eigenvalue weighted by molar-refractivity contribution is 1.19. The molecule has 1 radical (unpaired) electrons. The minimum Gasteiger partial charge on any atom is -0.355 e. The molecule has 2 nitrogen and oxygen atoms in total. The first-order chi connectivity index (χ1) is 15.9. The van der Waals surface area contributed by atoms with Crippen molar-refractivity contribution < 1.29 is 0 Å². The molecule has 1 N–H and O–H groups in total. The molecule has 0 aliphatic rings. The highest BCUT2D eigenvalue weighted by molar-refractivity contribution is 5.91. The van der Waals surface area contributed by atoms with Gasteiger partial charge >= 0.3 is 0 Å². The first kappa shape index (κ1) is 19.7. The van der Waals surface area contributed by atoms with E-state index >= 15 is 0 Å². The van der Waals surface area contributed by atoms with E-state index in [9.17, 15) is 0 Å². The summed E-state index contributed by atoms with van der Waals surface area (Å²) in [6.45, 7) is 0. The summed E-state index contributed by atoms with van der Waals surface area (Å²) in [6, 6.07) is 45.7. The highest BCUT2D eigenvalue weighted by atomic mass is 14.9. The molecule has 0 fully saturated rings. The van der Waals surface area contributed by atoms with E-state index in [0.29, 0.717) is 0 Å². The smallest absolute Gasteiger partial charge is 0.0722 e. The topological polar surface area (TPSA) is 26.1 Å². The lowest BCUT2D eigenvalue weighted by Crippen LogP contribution is -1.98. The van der Waals surface area contributed by atoms with Crippen LogP contribution in [0.3, 0.4) is 0 Å². The van der Waals surface area contributed by atoms with Gasteiger partial charge in [0.25, 0.3) is 0 Å². The second kappa shape index (κ2) is 9.23. The standard InChI is InChI=1S/C30H23N2/c1-5-13-23(14-6-1)27-21-30(32-26-19-11-4-12-20-26)28(24-15-7-2-8-16-24)22-29(27)31-25-17-9-3-10-18-25/h1-22,31H. The van der Waals surface area contributed by atoms with Gasteiger partial charge in [0.1, 0.15) is 0 Å². The zero-order chi connectivity index (χ0) is 21.6. The molecule has 0 saturated heterocycles. The fourth-order valence-corrected chi connectivity index (χ4v) is 3.81. The summed E-state index contributed by atoms with van der Waals surface area (Å²) >= 11 is 0. The van der Waals surface area contributed by atoms with Crippen molar-refractivity contribution in [2.24, 2.45) is 0 Å². The number of para-hydroxylation sites is 2. The van der Waals surface area contributed by atoms with E-state index in [-0.39, 0.29) is 0 Å². The molecule has 0 heterocycles. The predicted molar refractivity (Wildman–Crippen MR) is 135 cm³/mol. The first-order valence-electron chi connectivity index (χ1n) is 10.7. The highest BCUT2D eigenvalue weighted by Gasteiger charge is 2.15. The lowest BCUT2D eigenvalue weighted by Gasteiger charge is -2.18. The van der Waals surface area contributed by atoms with Crippen LogP contribution < -0.4 is 10.6 Å². The third-order valence-corrected chi connectivity index (χ3v) is 5.36. The van der Waals surface area contributed by atoms with Crippen LogP contribution in [0.1, 0.15) is 0 Å². The summed E-state index contributed by atoms with van der Waals surface area (Å²) in [7, 11) is 0. The maximum absolute atomic E-state index is 5.02. The van der Waals surface area contributed by atoms with Crippen LogP contribution in [-0.4, -0.2) is 0 Å². The van der Waals surface area contributed by atoms with Gasteiger partial charge in [-0.05, 0) is 47.5 Å². The molecule has 5 rings (SSSR count). The average Bonchev–Trinajstić information content (AvgIpc) is 2.87. The van der Waals surface area contributed by atoms with Crippen LogP contribution in [-0.2, 0) is 0 Å². The van der Waals surface area contributed by atoms with Gasteiger partial charge in [-0.2, -0.15) is 0 Å². The number of benzene rings is 5. The van der Waals surface area contributed by atoms with Crippen molar-refractivity contribution in [3.63, 3.8) is 0 Å². The number of hydrogen-bond acceptors (Lipinski definition) is 1. The minimum absolute atomic E-state index is 0.937. The Morgan fingerprint density at radius 3 is 1.56 bits per heavy atom. The van der Waals surface area contributed by atoms with E-state index in [1.807, 2.05) is 60.7 Å². The normalized spacial score (nSPS) is 10.5. The Kier molecular flexibility index (Phi) is 5.67. The largest absolute Gasteiger partial charge is 0.355 e. The van der Waals surface area contributed by atoms with E-state index < -0.39 is 0 Å². The third-order valence-electron chi connectivity index (χ3n) is 5.36. The van der Waals surface area contributed by atoms with Crippen molar-refractivity contribution in [2.75, 3.05) is 5.32 Å². The Morgan fingerprint density at radius 1 is 0.469 bits per heavy atom. The first-order valence-corrected chi connectivity index (χ1v) is 10.7. The Morgan fingerprint density at radius 2 is 0.969 bits per heavy atom. The van der Waals surface area contributed by atoms with Crippen molar-refractivity contribution in [3.05, 3.63) is 133 Å². The average molecular weight is 412 g/mol. The maximum Gasteiger partial charge on any atom is 0.0722 e. The zero-order valence-electron chi connectivity index (χ0n) is 17.6. The quantitative estimate of drug-likeness (QED) is 0.299. The summed E-state index contributed by atoms with van der Waals surface area (Å²) in [6.07, 6.45) is 0. The van der Waals surface area contributed by atoms with E-state index in [1.165, 1.54) is 0 Å². The molecule has 0 spiro atoms. The molecule has 0 aliphatic heterocycles. The SMILES string of the molecule is c1ccc([N]c2cc(-c3ccccc3)c(Nc3ccccc3)cc2-c2ccccc2)cc1. The summed E-state index contributed by atoms with van der Waals surface area (Å²) < 4.78 is 0. The number of hydrogen-bond donors (Lipinski definition) is 1. The zero-order valence-corrected chi connectivity index (χ0v) is 17.6. The number of anilines is 2. The third kappa shape index (κ3) is 4.40. The van der Waals surface area contributed by atoms with Gasteiger partial charge in [-0.1, -0.05) is 97.1 Å². The van der Waals surface area contributed by atoms with Gasteiger partial charge in [-0.15, -0.1) is 0 Å². The van der Waals surface area contributed by atoms with Gasteiger partial charge in [0.15, 0.2) is 0 Å². The maximum atomic E-state index is 5.02. The molecule has 0 aromatic heterocycles. The van der Waals surface area contributed by atoms with Gasteiger partial charge in [0, 0.05) is 22.5 Å². The minimum atomic E-state index is 0.937. The fourth-order valence-electron chi connectivity index (χ4n) is 3.81. The van der Waals surface area contributed by atoms with Gasteiger partial charge in [-0.3, -0.25) is 0 Å². The summed E-state index contributed by atoms with van der Waals surface area (Å²) in [5.74, 6) is 0. The molecule has 5 aromatic rings. The summed E-state index contributed by atoms with van der Waals surface area (Å²) in [5.41, 5.74) is 8.47. The second-order valence-electron chi connectivity index (χ2n) is 7.59. The van der Waals surface area contributed by atoms with Crippen LogP contribution in [0.15, 0.2) is 133 Å². The molecule has 32 heavy (non-hydrogen) atoms. The molecule has 2 heteroatoms. The molecule has 153 valence electrons. The molecule has 0 atom stereocenters. The predicted octanol–water partition coefficient (Wildman–Crippen LogP) is 8.33. The molecule has 0 bridgehead atoms. The van der Waals surface area contributed by atoms with Crippen LogP contribution >= 0.6 is 0 Å². The van der Waals surface area contributed by atoms with E-state index in [2.05, 4.69) is 78.1 Å². The number of nitrogens with zero attached hydrogens (tertiary/aromatic N) is 1. The van der Waals surface area contributed by atoms with Crippen LogP contribution in [0, 0.1) is 0 Å². The van der Waals surface area contributed by atoms with Crippen molar-refractivity contribution in [3.8, 4) is 22.3 Å².